The molecule has 0 aliphatic rings. The molecule has 0 spiro atoms. The number of anilines is 3. The summed E-state index contributed by atoms with van der Waals surface area (Å²) in [5.74, 6) is 0.282. The third-order valence-electron chi connectivity index (χ3n) is 5.03. The number of nitrogens with one attached hydrogen (secondary N) is 1. The van der Waals surface area contributed by atoms with Crippen LogP contribution in [0, 0.1) is 13.8 Å². The quantitative estimate of drug-likeness (QED) is 0.356. The third kappa shape index (κ3) is 4.13. The van der Waals surface area contributed by atoms with E-state index in [9.17, 15) is 4.79 Å². The van der Waals surface area contributed by atoms with Crippen molar-refractivity contribution in [2.24, 2.45) is 0 Å². The first-order chi connectivity index (χ1) is 16.5. The predicted octanol–water partition coefficient (Wildman–Crippen LogP) is 3.97. The molecular weight excluding hydrogens is 438 g/mol. The van der Waals surface area contributed by atoms with Crippen LogP contribution in [-0.4, -0.2) is 31.1 Å². The number of aryl methyl sites for hydroxylation is 2. The molecule has 0 bridgehead atoms. The SMILES string of the molecule is Cc1ccccc1Nc1nc(N)nc(COC(=O)c2cc(-c3ccco3)nc3onc(C)c23)n1. The number of pyridine rings is 1. The lowest BCUT2D eigenvalue weighted by Gasteiger charge is -2.10. The lowest BCUT2D eigenvalue weighted by molar-refractivity contribution is 0.0464. The zero-order valence-corrected chi connectivity index (χ0v) is 18.3. The number of hydrogen-bond donors (Lipinski definition) is 2. The van der Waals surface area contributed by atoms with Crippen LogP contribution in [0.15, 0.2) is 57.7 Å². The minimum Gasteiger partial charge on any atom is -0.463 e. The molecular formula is C23H19N7O4. The smallest absolute Gasteiger partial charge is 0.339 e. The van der Waals surface area contributed by atoms with E-state index < -0.39 is 5.97 Å². The highest BCUT2D eigenvalue weighted by molar-refractivity contribution is 6.04. The van der Waals surface area contributed by atoms with Crippen LogP contribution in [0.3, 0.4) is 0 Å². The summed E-state index contributed by atoms with van der Waals surface area (Å²) in [5.41, 5.74) is 9.02. The van der Waals surface area contributed by atoms with Crippen molar-refractivity contribution in [3.05, 3.63) is 71.4 Å². The van der Waals surface area contributed by atoms with Gasteiger partial charge in [-0.25, -0.2) is 9.78 Å². The number of esters is 1. The van der Waals surface area contributed by atoms with E-state index in [4.69, 9.17) is 19.4 Å². The highest BCUT2D eigenvalue weighted by Crippen LogP contribution is 2.28. The van der Waals surface area contributed by atoms with Crippen LogP contribution in [0.25, 0.3) is 22.6 Å². The van der Waals surface area contributed by atoms with Gasteiger partial charge in [-0.2, -0.15) is 15.0 Å². The number of nitrogen functional groups attached to an aromatic ring is 1. The molecule has 0 saturated carbocycles. The predicted molar refractivity (Wildman–Crippen MR) is 122 cm³/mol. The van der Waals surface area contributed by atoms with Crippen molar-refractivity contribution in [2.45, 2.75) is 20.5 Å². The van der Waals surface area contributed by atoms with E-state index in [2.05, 4.69) is 30.4 Å². The number of furan rings is 1. The summed E-state index contributed by atoms with van der Waals surface area (Å²) < 4.78 is 16.2. The summed E-state index contributed by atoms with van der Waals surface area (Å²) in [5, 5.41) is 7.47. The Kier molecular flexibility index (Phi) is 5.34. The fourth-order valence-electron chi connectivity index (χ4n) is 3.41. The molecule has 11 nitrogen and oxygen atoms in total. The fourth-order valence-corrected chi connectivity index (χ4v) is 3.41. The molecule has 0 atom stereocenters. The number of rotatable bonds is 6. The number of para-hydroxylation sites is 1. The average Bonchev–Trinajstić information content (AvgIpc) is 3.49. The minimum atomic E-state index is -0.626. The summed E-state index contributed by atoms with van der Waals surface area (Å²) in [6.45, 7) is 3.44. The maximum Gasteiger partial charge on any atom is 0.339 e. The van der Waals surface area contributed by atoms with Gasteiger partial charge in [0.25, 0.3) is 5.71 Å². The van der Waals surface area contributed by atoms with Crippen molar-refractivity contribution in [3.8, 4) is 11.5 Å². The van der Waals surface area contributed by atoms with E-state index in [1.165, 1.54) is 6.26 Å². The first-order valence-corrected chi connectivity index (χ1v) is 10.3. The molecule has 0 fully saturated rings. The van der Waals surface area contributed by atoms with Gasteiger partial charge < -0.3 is 24.7 Å². The molecule has 5 aromatic rings. The Balaban J connectivity index is 1.40. The Morgan fingerprint density at radius 2 is 1.94 bits per heavy atom. The normalized spacial score (nSPS) is 11.0. The molecule has 4 aromatic heterocycles. The number of hydrogen-bond acceptors (Lipinski definition) is 11. The number of nitrogens with two attached hydrogens (primary N) is 1. The van der Waals surface area contributed by atoms with Crippen LogP contribution in [-0.2, 0) is 11.3 Å². The minimum absolute atomic E-state index is 0.00146. The molecule has 4 heterocycles. The molecule has 0 unspecified atom stereocenters. The van der Waals surface area contributed by atoms with Crippen molar-refractivity contribution in [2.75, 3.05) is 11.1 Å². The van der Waals surface area contributed by atoms with E-state index >= 15 is 0 Å². The highest BCUT2D eigenvalue weighted by Gasteiger charge is 2.22. The molecule has 0 amide bonds. The van der Waals surface area contributed by atoms with Gasteiger partial charge in [0.15, 0.2) is 18.2 Å². The first kappa shape index (κ1) is 21.1. The number of carbonyl (C=O) groups excluding carboxylic acids is 1. The van der Waals surface area contributed by atoms with Crippen LogP contribution < -0.4 is 11.1 Å². The number of ether oxygens (including phenoxy) is 1. The van der Waals surface area contributed by atoms with E-state index in [1.54, 1.807) is 25.1 Å². The number of carbonyl (C=O) groups is 1. The van der Waals surface area contributed by atoms with Gasteiger partial charge >= 0.3 is 5.97 Å². The van der Waals surface area contributed by atoms with Crippen LogP contribution in [0.2, 0.25) is 0 Å². The van der Waals surface area contributed by atoms with Gasteiger partial charge in [0.2, 0.25) is 11.9 Å². The van der Waals surface area contributed by atoms with E-state index in [0.29, 0.717) is 22.5 Å². The van der Waals surface area contributed by atoms with E-state index in [-0.39, 0.29) is 35.6 Å². The van der Waals surface area contributed by atoms with E-state index in [1.807, 2.05) is 31.2 Å². The summed E-state index contributed by atoms with van der Waals surface area (Å²) in [6.07, 6.45) is 1.51. The molecule has 3 N–H and O–H groups in total. The Labute approximate surface area is 193 Å². The van der Waals surface area contributed by atoms with Crippen molar-refractivity contribution in [3.63, 3.8) is 0 Å². The number of nitrogens with zero attached hydrogens (tertiary/aromatic N) is 5. The molecule has 1 aromatic carbocycles. The zero-order chi connectivity index (χ0) is 23.7. The van der Waals surface area contributed by atoms with Gasteiger partial charge in [-0.1, -0.05) is 23.4 Å². The Morgan fingerprint density at radius 3 is 2.74 bits per heavy atom. The number of benzene rings is 1. The molecule has 170 valence electrons. The fraction of sp³-hybridized carbons (Fsp3) is 0.130. The van der Waals surface area contributed by atoms with E-state index in [0.717, 1.165) is 11.3 Å². The van der Waals surface area contributed by atoms with Crippen molar-refractivity contribution < 1.29 is 18.5 Å². The van der Waals surface area contributed by atoms with Crippen LogP contribution in [0.5, 0.6) is 0 Å². The molecule has 34 heavy (non-hydrogen) atoms. The maximum atomic E-state index is 13.0. The van der Waals surface area contributed by atoms with Gasteiger partial charge in [0.1, 0.15) is 5.69 Å². The van der Waals surface area contributed by atoms with Crippen molar-refractivity contribution >= 4 is 34.7 Å². The summed E-state index contributed by atoms with van der Waals surface area (Å²) in [7, 11) is 0. The molecule has 0 aliphatic heterocycles. The Bertz CT molecular complexity index is 1500. The number of fused-ring (bicyclic) bond motifs is 1. The van der Waals surface area contributed by atoms with Crippen LogP contribution in [0.4, 0.5) is 17.6 Å². The van der Waals surface area contributed by atoms with Gasteiger partial charge in [0, 0.05) is 5.69 Å². The summed E-state index contributed by atoms with van der Waals surface area (Å²) >= 11 is 0. The lowest BCUT2D eigenvalue weighted by atomic mass is 10.1. The molecule has 5 rings (SSSR count). The Hall–Kier alpha value is -4.80. The highest BCUT2D eigenvalue weighted by atomic mass is 16.5. The second-order valence-corrected chi connectivity index (χ2v) is 7.43. The van der Waals surface area contributed by atoms with Crippen molar-refractivity contribution in [1.29, 1.82) is 0 Å². The zero-order valence-electron chi connectivity index (χ0n) is 18.3. The monoisotopic (exact) mass is 457 g/mol. The van der Waals surface area contributed by atoms with Gasteiger partial charge in [-0.05, 0) is 43.7 Å². The van der Waals surface area contributed by atoms with Crippen LogP contribution >= 0.6 is 0 Å². The lowest BCUT2D eigenvalue weighted by Crippen LogP contribution is -2.12. The van der Waals surface area contributed by atoms with Gasteiger partial charge in [-0.3, -0.25) is 0 Å². The largest absolute Gasteiger partial charge is 0.463 e. The molecule has 0 aliphatic carbocycles. The maximum absolute atomic E-state index is 13.0. The Morgan fingerprint density at radius 1 is 1.09 bits per heavy atom. The van der Waals surface area contributed by atoms with Crippen molar-refractivity contribution in [1.82, 2.24) is 25.1 Å². The second kappa shape index (κ2) is 8.62. The summed E-state index contributed by atoms with van der Waals surface area (Å²) in [6, 6.07) is 12.7. The van der Waals surface area contributed by atoms with Gasteiger partial charge in [0.05, 0.1) is 22.9 Å². The first-order valence-electron chi connectivity index (χ1n) is 10.3. The molecule has 0 radical (unpaired) electrons. The average molecular weight is 457 g/mol. The molecule has 0 saturated heterocycles. The standard InChI is InChI=1S/C23H19N7O4/c1-12-6-3-4-7-15(12)26-23-28-18(27-22(24)29-23)11-33-21(31)14-10-16(17-8-5-9-32-17)25-20-19(14)13(2)30-34-20/h3-10H,11H2,1-2H3,(H3,24,26,27,28,29). The third-order valence-corrected chi connectivity index (χ3v) is 5.03. The molecule has 11 heteroatoms. The number of aromatic nitrogens is 5. The second-order valence-electron chi connectivity index (χ2n) is 7.43. The topological polar surface area (TPSA) is 155 Å². The van der Waals surface area contributed by atoms with Gasteiger partial charge in [-0.15, -0.1) is 0 Å². The summed E-state index contributed by atoms with van der Waals surface area (Å²) in [4.78, 5) is 29.9. The van der Waals surface area contributed by atoms with Crippen LogP contribution in [0.1, 0.15) is 27.4 Å².